The first-order valence-electron chi connectivity index (χ1n) is 8.44. The summed E-state index contributed by atoms with van der Waals surface area (Å²) in [7, 11) is 0. The highest BCUT2D eigenvalue weighted by Crippen LogP contribution is 2.16. The zero-order valence-corrected chi connectivity index (χ0v) is 13.0. The highest BCUT2D eigenvalue weighted by atomic mass is 16.1. The van der Waals surface area contributed by atoms with Crippen LogP contribution in [0, 0.1) is 11.8 Å². The zero-order valence-electron chi connectivity index (χ0n) is 13.0. The molecule has 1 atom stereocenters. The fraction of sp³-hybridized carbons (Fsp3) is 0.938. The van der Waals surface area contributed by atoms with E-state index in [1.807, 2.05) is 0 Å². The van der Waals surface area contributed by atoms with Gasteiger partial charge in [0.15, 0.2) is 0 Å². The Kier molecular flexibility index (Phi) is 6.80. The molecule has 2 fully saturated rings. The number of hydrogen-bond donors (Lipinski definition) is 2. The van der Waals surface area contributed by atoms with Crippen LogP contribution in [0.2, 0.25) is 0 Å². The first-order valence-corrected chi connectivity index (χ1v) is 8.44. The number of piperidine rings is 2. The third-order valence-corrected chi connectivity index (χ3v) is 4.81. The Morgan fingerprint density at radius 3 is 2.80 bits per heavy atom. The summed E-state index contributed by atoms with van der Waals surface area (Å²) >= 11 is 0. The topological polar surface area (TPSA) is 44.4 Å². The molecular formula is C16H31N3O. The predicted molar refractivity (Wildman–Crippen MR) is 82.7 cm³/mol. The fourth-order valence-electron chi connectivity index (χ4n) is 3.23. The van der Waals surface area contributed by atoms with Crippen LogP contribution >= 0.6 is 0 Å². The van der Waals surface area contributed by atoms with Gasteiger partial charge in [-0.05, 0) is 70.1 Å². The molecule has 0 bridgehead atoms. The number of rotatable bonds is 6. The Labute approximate surface area is 123 Å². The number of amides is 1. The number of carbonyl (C=O) groups is 1. The Hall–Kier alpha value is -0.610. The molecule has 116 valence electrons. The van der Waals surface area contributed by atoms with Gasteiger partial charge in [0.05, 0.1) is 0 Å². The van der Waals surface area contributed by atoms with Crippen molar-refractivity contribution < 1.29 is 4.79 Å². The van der Waals surface area contributed by atoms with E-state index >= 15 is 0 Å². The van der Waals surface area contributed by atoms with Crippen LogP contribution in [0.15, 0.2) is 0 Å². The van der Waals surface area contributed by atoms with Gasteiger partial charge in [0.2, 0.25) is 5.91 Å². The van der Waals surface area contributed by atoms with Crippen molar-refractivity contribution in [2.24, 2.45) is 11.8 Å². The molecule has 1 unspecified atom stereocenters. The summed E-state index contributed by atoms with van der Waals surface area (Å²) in [6.07, 6.45) is 6.90. The molecule has 20 heavy (non-hydrogen) atoms. The van der Waals surface area contributed by atoms with Gasteiger partial charge in [0, 0.05) is 19.5 Å². The summed E-state index contributed by atoms with van der Waals surface area (Å²) in [4.78, 5) is 14.3. The third kappa shape index (κ3) is 5.80. The third-order valence-electron chi connectivity index (χ3n) is 4.81. The van der Waals surface area contributed by atoms with Gasteiger partial charge in [-0.15, -0.1) is 0 Å². The smallest absolute Gasteiger partial charge is 0.220 e. The highest BCUT2D eigenvalue weighted by molar-refractivity contribution is 5.75. The summed E-state index contributed by atoms with van der Waals surface area (Å²) < 4.78 is 0. The molecule has 1 amide bonds. The van der Waals surface area contributed by atoms with E-state index < -0.39 is 0 Å². The van der Waals surface area contributed by atoms with Crippen LogP contribution in [0.1, 0.15) is 45.4 Å². The van der Waals surface area contributed by atoms with Crippen LogP contribution in [0.5, 0.6) is 0 Å². The second kappa shape index (κ2) is 8.63. The lowest BCUT2D eigenvalue weighted by atomic mass is 9.94. The maximum absolute atomic E-state index is 11.8. The minimum Gasteiger partial charge on any atom is -0.355 e. The van der Waals surface area contributed by atoms with E-state index in [1.165, 1.54) is 38.8 Å². The molecule has 0 radical (unpaired) electrons. The first kappa shape index (κ1) is 15.8. The Balaban J connectivity index is 1.49. The number of carbonyl (C=O) groups excluding carboxylic acids is 1. The van der Waals surface area contributed by atoms with E-state index in [1.54, 1.807) is 0 Å². The molecule has 4 nitrogen and oxygen atoms in total. The van der Waals surface area contributed by atoms with Crippen LogP contribution in [0.25, 0.3) is 0 Å². The molecule has 2 heterocycles. The summed E-state index contributed by atoms with van der Waals surface area (Å²) in [6, 6.07) is 0. The van der Waals surface area contributed by atoms with Crippen molar-refractivity contribution >= 4 is 5.91 Å². The summed E-state index contributed by atoms with van der Waals surface area (Å²) in [5.41, 5.74) is 0. The molecule has 2 N–H and O–H groups in total. The number of nitrogens with one attached hydrogen (secondary N) is 2. The Morgan fingerprint density at radius 2 is 2.10 bits per heavy atom. The molecule has 0 aromatic heterocycles. The largest absolute Gasteiger partial charge is 0.355 e. The van der Waals surface area contributed by atoms with Gasteiger partial charge in [0.25, 0.3) is 0 Å². The van der Waals surface area contributed by atoms with E-state index in [4.69, 9.17) is 0 Å². The van der Waals surface area contributed by atoms with Crippen molar-refractivity contribution in [3.05, 3.63) is 0 Å². The maximum Gasteiger partial charge on any atom is 0.220 e. The lowest BCUT2D eigenvalue weighted by molar-refractivity contribution is -0.121. The molecule has 0 spiro atoms. The standard InChI is InChI=1S/C16H31N3O/c1-14-6-10-19(11-7-14)12-9-18-16(20)5-4-15-3-2-8-17-13-15/h14-15,17H,2-13H2,1H3,(H,18,20). The molecule has 2 saturated heterocycles. The van der Waals surface area contributed by atoms with E-state index in [0.29, 0.717) is 12.3 Å². The van der Waals surface area contributed by atoms with Gasteiger partial charge >= 0.3 is 0 Å². The van der Waals surface area contributed by atoms with Crippen molar-refractivity contribution in [3.8, 4) is 0 Å². The van der Waals surface area contributed by atoms with Crippen molar-refractivity contribution in [2.45, 2.75) is 45.4 Å². The van der Waals surface area contributed by atoms with Crippen molar-refractivity contribution in [3.63, 3.8) is 0 Å². The Morgan fingerprint density at radius 1 is 1.30 bits per heavy atom. The van der Waals surface area contributed by atoms with Gasteiger partial charge in [-0.25, -0.2) is 0 Å². The monoisotopic (exact) mass is 281 g/mol. The quantitative estimate of drug-likeness (QED) is 0.777. The molecular weight excluding hydrogens is 250 g/mol. The summed E-state index contributed by atoms with van der Waals surface area (Å²) in [5.74, 6) is 1.82. The van der Waals surface area contributed by atoms with Crippen LogP contribution in [0.4, 0.5) is 0 Å². The molecule has 0 aromatic rings. The van der Waals surface area contributed by atoms with Crippen LogP contribution in [-0.4, -0.2) is 50.1 Å². The van der Waals surface area contributed by atoms with Crippen LogP contribution in [-0.2, 0) is 4.79 Å². The zero-order chi connectivity index (χ0) is 14.2. The lowest BCUT2D eigenvalue weighted by Gasteiger charge is -2.30. The minimum absolute atomic E-state index is 0.237. The maximum atomic E-state index is 11.8. The second-order valence-electron chi connectivity index (χ2n) is 6.63. The van der Waals surface area contributed by atoms with E-state index in [-0.39, 0.29) is 5.91 Å². The molecule has 2 aliphatic rings. The predicted octanol–water partition coefficient (Wildman–Crippen LogP) is 1.61. The summed E-state index contributed by atoms with van der Waals surface area (Å²) in [5, 5.41) is 6.49. The molecule has 0 aliphatic carbocycles. The number of nitrogens with zero attached hydrogens (tertiary/aromatic N) is 1. The molecule has 2 rings (SSSR count). The average Bonchev–Trinajstić information content (AvgIpc) is 2.48. The Bertz CT molecular complexity index is 281. The normalized spacial score (nSPS) is 25.6. The van der Waals surface area contributed by atoms with E-state index in [2.05, 4.69) is 22.5 Å². The average molecular weight is 281 g/mol. The van der Waals surface area contributed by atoms with Crippen LogP contribution < -0.4 is 10.6 Å². The molecule has 2 aliphatic heterocycles. The van der Waals surface area contributed by atoms with Gasteiger partial charge in [-0.2, -0.15) is 0 Å². The SMILES string of the molecule is CC1CCN(CCNC(=O)CCC2CCCNC2)CC1. The van der Waals surface area contributed by atoms with E-state index in [0.717, 1.165) is 38.5 Å². The molecule has 0 saturated carbocycles. The first-order chi connectivity index (χ1) is 9.74. The fourth-order valence-corrected chi connectivity index (χ4v) is 3.23. The van der Waals surface area contributed by atoms with Crippen molar-refractivity contribution in [1.82, 2.24) is 15.5 Å². The van der Waals surface area contributed by atoms with E-state index in [9.17, 15) is 4.79 Å². The van der Waals surface area contributed by atoms with Gasteiger partial charge in [-0.3, -0.25) is 4.79 Å². The van der Waals surface area contributed by atoms with Crippen LogP contribution in [0.3, 0.4) is 0 Å². The second-order valence-corrected chi connectivity index (χ2v) is 6.63. The van der Waals surface area contributed by atoms with Gasteiger partial charge in [0.1, 0.15) is 0 Å². The van der Waals surface area contributed by atoms with Gasteiger partial charge in [-0.1, -0.05) is 6.92 Å². The van der Waals surface area contributed by atoms with Crippen molar-refractivity contribution in [1.29, 1.82) is 0 Å². The highest BCUT2D eigenvalue weighted by Gasteiger charge is 2.16. The summed E-state index contributed by atoms with van der Waals surface area (Å²) in [6.45, 7) is 8.81. The minimum atomic E-state index is 0.237. The molecule has 4 heteroatoms. The number of likely N-dealkylation sites (tertiary alicyclic amines) is 1. The van der Waals surface area contributed by atoms with Gasteiger partial charge < -0.3 is 15.5 Å². The molecule has 0 aromatic carbocycles. The van der Waals surface area contributed by atoms with Crippen molar-refractivity contribution in [2.75, 3.05) is 39.3 Å². The number of hydrogen-bond acceptors (Lipinski definition) is 3. The lowest BCUT2D eigenvalue weighted by Crippen LogP contribution is -2.39.